The summed E-state index contributed by atoms with van der Waals surface area (Å²) in [5, 5.41) is 12.2. The van der Waals surface area contributed by atoms with Crippen LogP contribution in [0.1, 0.15) is 12.0 Å². The number of rotatable bonds is 6. The number of hydrogen-bond acceptors (Lipinski definition) is 5. The molecule has 122 valence electrons. The van der Waals surface area contributed by atoms with Gasteiger partial charge in [-0.25, -0.2) is 0 Å². The van der Waals surface area contributed by atoms with Crippen molar-refractivity contribution in [3.63, 3.8) is 0 Å². The van der Waals surface area contributed by atoms with E-state index in [0.29, 0.717) is 54.9 Å². The van der Waals surface area contributed by atoms with Gasteiger partial charge in [0.2, 0.25) is 0 Å². The number of amides is 1. The van der Waals surface area contributed by atoms with Crippen molar-refractivity contribution >= 4 is 23.6 Å². The number of hydrogen-bond donors (Lipinski definition) is 1. The third-order valence-corrected chi connectivity index (χ3v) is 3.39. The Kier molecular flexibility index (Phi) is 6.27. The summed E-state index contributed by atoms with van der Waals surface area (Å²) < 4.78 is 15.8. The minimum Gasteiger partial charge on any atom is -0.486 e. The summed E-state index contributed by atoms with van der Waals surface area (Å²) in [5.41, 5.74) is 0.595. The van der Waals surface area contributed by atoms with Gasteiger partial charge in [0, 0.05) is 20.3 Å². The largest absolute Gasteiger partial charge is 0.486 e. The predicted molar refractivity (Wildman–Crippen MR) is 85.5 cm³/mol. The molecule has 1 aromatic carbocycles. The highest BCUT2D eigenvalue weighted by molar-refractivity contribution is 6.32. The first-order valence-corrected chi connectivity index (χ1v) is 7.51. The van der Waals surface area contributed by atoms with Crippen molar-refractivity contribution in [1.82, 2.24) is 5.32 Å². The van der Waals surface area contributed by atoms with Crippen molar-refractivity contribution in [2.24, 2.45) is 0 Å². The first-order valence-electron chi connectivity index (χ1n) is 7.13. The van der Waals surface area contributed by atoms with Crippen LogP contribution in [-0.4, -0.2) is 39.4 Å². The van der Waals surface area contributed by atoms with Gasteiger partial charge in [-0.15, -0.1) is 0 Å². The Labute approximate surface area is 139 Å². The van der Waals surface area contributed by atoms with Gasteiger partial charge in [-0.1, -0.05) is 11.6 Å². The summed E-state index contributed by atoms with van der Waals surface area (Å²) in [6.45, 7) is 1.86. The van der Waals surface area contributed by atoms with Gasteiger partial charge >= 0.3 is 0 Å². The van der Waals surface area contributed by atoms with Crippen LogP contribution in [0, 0.1) is 11.3 Å². The quantitative estimate of drug-likeness (QED) is 0.489. The van der Waals surface area contributed by atoms with Gasteiger partial charge in [-0.05, 0) is 30.2 Å². The number of ether oxygens (including phenoxy) is 3. The van der Waals surface area contributed by atoms with Crippen LogP contribution in [-0.2, 0) is 9.53 Å². The molecule has 1 aliphatic heterocycles. The van der Waals surface area contributed by atoms with E-state index in [4.69, 9.17) is 25.8 Å². The second-order valence-corrected chi connectivity index (χ2v) is 5.21. The second kappa shape index (κ2) is 8.42. The molecule has 7 heteroatoms. The lowest BCUT2D eigenvalue weighted by Crippen LogP contribution is -2.26. The van der Waals surface area contributed by atoms with E-state index in [1.165, 1.54) is 6.08 Å². The maximum Gasteiger partial charge on any atom is 0.261 e. The standard InChI is InChI=1S/C16H17ClN2O4/c1-21-4-2-3-19-16(20)12(10-18)7-11-8-13(17)15-14(9-11)22-5-6-23-15/h7-9H,2-6H2,1H3,(H,19,20). The van der Waals surface area contributed by atoms with Crippen molar-refractivity contribution in [1.29, 1.82) is 5.26 Å². The average Bonchev–Trinajstić information content (AvgIpc) is 2.56. The number of methoxy groups -OCH3 is 1. The van der Waals surface area contributed by atoms with Gasteiger partial charge in [0.15, 0.2) is 11.5 Å². The Hall–Kier alpha value is -2.23. The summed E-state index contributed by atoms with van der Waals surface area (Å²) in [5.74, 6) is 0.556. The van der Waals surface area contributed by atoms with E-state index in [1.54, 1.807) is 19.2 Å². The van der Waals surface area contributed by atoms with Crippen LogP contribution in [0.4, 0.5) is 0 Å². The lowest BCUT2D eigenvalue weighted by Gasteiger charge is -2.19. The lowest BCUT2D eigenvalue weighted by atomic mass is 10.1. The molecule has 0 saturated heterocycles. The van der Waals surface area contributed by atoms with Crippen LogP contribution in [0.5, 0.6) is 11.5 Å². The van der Waals surface area contributed by atoms with Crippen LogP contribution in [0.15, 0.2) is 17.7 Å². The number of halogens is 1. The number of benzene rings is 1. The van der Waals surface area contributed by atoms with Gasteiger partial charge in [-0.2, -0.15) is 5.26 Å². The number of carbonyl (C=O) groups is 1. The van der Waals surface area contributed by atoms with E-state index < -0.39 is 5.91 Å². The molecule has 0 aromatic heterocycles. The molecule has 0 radical (unpaired) electrons. The van der Waals surface area contributed by atoms with E-state index in [-0.39, 0.29) is 5.57 Å². The molecule has 0 unspecified atom stereocenters. The lowest BCUT2D eigenvalue weighted by molar-refractivity contribution is -0.117. The van der Waals surface area contributed by atoms with E-state index in [1.807, 2.05) is 6.07 Å². The van der Waals surface area contributed by atoms with Crippen molar-refractivity contribution < 1.29 is 19.0 Å². The van der Waals surface area contributed by atoms with E-state index in [0.717, 1.165) is 0 Å². The summed E-state index contributed by atoms with van der Waals surface area (Å²) in [6, 6.07) is 5.21. The summed E-state index contributed by atoms with van der Waals surface area (Å²) in [7, 11) is 1.59. The maximum atomic E-state index is 12.0. The molecule has 0 bridgehead atoms. The average molecular weight is 337 g/mol. The minimum atomic E-state index is -0.436. The normalized spacial score (nSPS) is 13.3. The number of carbonyl (C=O) groups excluding carboxylic acids is 1. The molecule has 0 aliphatic carbocycles. The smallest absolute Gasteiger partial charge is 0.261 e. The van der Waals surface area contributed by atoms with E-state index >= 15 is 0 Å². The number of nitrogens with one attached hydrogen (secondary N) is 1. The van der Waals surface area contributed by atoms with Crippen LogP contribution >= 0.6 is 11.6 Å². The molecule has 0 saturated carbocycles. The Balaban J connectivity index is 2.13. The molecule has 0 spiro atoms. The fourth-order valence-corrected chi connectivity index (χ4v) is 2.32. The Bertz CT molecular complexity index is 652. The zero-order valence-corrected chi connectivity index (χ0v) is 13.5. The highest BCUT2D eigenvalue weighted by Crippen LogP contribution is 2.38. The minimum absolute atomic E-state index is 0.00448. The number of nitrogens with zero attached hydrogens (tertiary/aromatic N) is 1. The van der Waals surface area contributed by atoms with Crippen molar-refractivity contribution in [3.8, 4) is 17.6 Å². The van der Waals surface area contributed by atoms with Crippen molar-refractivity contribution in [3.05, 3.63) is 28.3 Å². The third-order valence-electron chi connectivity index (χ3n) is 3.11. The topological polar surface area (TPSA) is 80.6 Å². The Morgan fingerprint density at radius 1 is 1.48 bits per heavy atom. The highest BCUT2D eigenvalue weighted by atomic mass is 35.5. The van der Waals surface area contributed by atoms with Crippen LogP contribution < -0.4 is 14.8 Å². The molecule has 1 aromatic rings. The van der Waals surface area contributed by atoms with Crippen LogP contribution in [0.2, 0.25) is 5.02 Å². The van der Waals surface area contributed by atoms with E-state index in [2.05, 4.69) is 5.32 Å². The molecule has 1 aliphatic rings. The second-order valence-electron chi connectivity index (χ2n) is 4.80. The van der Waals surface area contributed by atoms with Crippen molar-refractivity contribution in [2.75, 3.05) is 33.5 Å². The maximum absolute atomic E-state index is 12.0. The molecule has 1 heterocycles. The fraction of sp³-hybridized carbons (Fsp3) is 0.375. The van der Waals surface area contributed by atoms with Gasteiger partial charge in [0.1, 0.15) is 24.9 Å². The first-order chi connectivity index (χ1) is 11.2. The van der Waals surface area contributed by atoms with Gasteiger partial charge in [-0.3, -0.25) is 4.79 Å². The zero-order chi connectivity index (χ0) is 16.7. The zero-order valence-electron chi connectivity index (χ0n) is 12.7. The van der Waals surface area contributed by atoms with Crippen molar-refractivity contribution in [2.45, 2.75) is 6.42 Å². The van der Waals surface area contributed by atoms with E-state index in [9.17, 15) is 10.1 Å². The first kappa shape index (κ1) is 17.1. The molecule has 1 N–H and O–H groups in total. The molecule has 0 fully saturated rings. The molecule has 6 nitrogen and oxygen atoms in total. The molecule has 0 atom stereocenters. The Morgan fingerprint density at radius 2 is 2.26 bits per heavy atom. The van der Waals surface area contributed by atoms with Gasteiger partial charge in [0.25, 0.3) is 5.91 Å². The molecule has 1 amide bonds. The number of fused-ring (bicyclic) bond motifs is 1. The van der Waals surface area contributed by atoms with Gasteiger partial charge < -0.3 is 19.5 Å². The molecular formula is C16H17ClN2O4. The predicted octanol–water partition coefficient (Wildman–Crippen LogP) is 2.17. The summed E-state index contributed by atoms with van der Waals surface area (Å²) in [4.78, 5) is 12.0. The monoisotopic (exact) mass is 336 g/mol. The molecule has 23 heavy (non-hydrogen) atoms. The Morgan fingerprint density at radius 3 is 3.00 bits per heavy atom. The summed E-state index contributed by atoms with van der Waals surface area (Å²) in [6.07, 6.45) is 2.15. The van der Waals surface area contributed by atoms with Gasteiger partial charge in [0.05, 0.1) is 5.02 Å². The SMILES string of the molecule is COCCCNC(=O)C(C#N)=Cc1cc(Cl)c2c(c1)OCCO2. The number of nitriles is 1. The third kappa shape index (κ3) is 4.62. The fourth-order valence-electron chi connectivity index (χ4n) is 2.04. The molecule has 2 rings (SSSR count). The van der Waals surface area contributed by atoms with Crippen LogP contribution in [0.3, 0.4) is 0 Å². The highest BCUT2D eigenvalue weighted by Gasteiger charge is 2.17. The summed E-state index contributed by atoms with van der Waals surface area (Å²) >= 11 is 6.14. The van der Waals surface area contributed by atoms with Crippen LogP contribution in [0.25, 0.3) is 6.08 Å². The molecular weight excluding hydrogens is 320 g/mol.